The Morgan fingerprint density at radius 2 is 1.46 bits per heavy atom. The number of nitrogens with zero attached hydrogens (tertiary/aromatic N) is 1. The van der Waals surface area contributed by atoms with Gasteiger partial charge < -0.3 is 0 Å². The van der Waals surface area contributed by atoms with Crippen LogP contribution in [0.2, 0.25) is 13.3 Å². The molecule has 1 rings (SSSR count). The second-order valence-electron chi connectivity index (χ2n) is 9.36. The molecule has 0 saturated carbocycles. The SMILES string of the molecule is CCC[CH2][Sn]([CH2]CCC)([CH2]CCC)[CH]1CCCCN1C(=O)OC(C)(C)C. The third kappa shape index (κ3) is 7.59. The molecule has 1 aliphatic rings. The Balaban J connectivity index is 3.11. The number of unbranched alkanes of at least 4 members (excludes halogenated alkanes) is 3. The average molecular weight is 474 g/mol. The number of piperidine rings is 1. The van der Waals surface area contributed by atoms with E-state index in [9.17, 15) is 4.79 Å². The maximum atomic E-state index is 13.0. The number of carbonyl (C=O) groups is 1. The fourth-order valence-corrected chi connectivity index (χ4v) is 23.5. The van der Waals surface area contributed by atoms with Crippen molar-refractivity contribution in [3.63, 3.8) is 0 Å². The van der Waals surface area contributed by atoms with Gasteiger partial charge in [-0.25, -0.2) is 0 Å². The topological polar surface area (TPSA) is 29.5 Å². The summed E-state index contributed by atoms with van der Waals surface area (Å²) >= 11 is -2.46. The standard InChI is InChI=1S/C10H18NO2.3C4H9.Sn/c1-10(2,3)13-9(12)11-7-5-4-6-8-11;3*1-3-4-2;/h7H,4-6,8H2,1-3H3;3*1,3-4H2,2H3;. The summed E-state index contributed by atoms with van der Waals surface area (Å²) in [6.45, 7) is 13.9. The second-order valence-corrected chi connectivity index (χ2v) is 23.3. The van der Waals surface area contributed by atoms with Gasteiger partial charge in [-0.1, -0.05) is 0 Å². The Morgan fingerprint density at radius 1 is 0.962 bits per heavy atom. The monoisotopic (exact) mass is 475 g/mol. The van der Waals surface area contributed by atoms with Gasteiger partial charge in [0, 0.05) is 0 Å². The van der Waals surface area contributed by atoms with Gasteiger partial charge in [0.25, 0.3) is 0 Å². The fourth-order valence-electron chi connectivity index (χ4n) is 4.57. The molecule has 1 amide bonds. The van der Waals surface area contributed by atoms with E-state index in [4.69, 9.17) is 4.74 Å². The summed E-state index contributed by atoms with van der Waals surface area (Å²) in [5, 5.41) is 0. The third-order valence-corrected chi connectivity index (χ3v) is 23.2. The molecule has 154 valence electrons. The summed E-state index contributed by atoms with van der Waals surface area (Å²) in [6.07, 6.45) is 11.6. The zero-order valence-corrected chi connectivity index (χ0v) is 21.4. The summed E-state index contributed by atoms with van der Waals surface area (Å²) < 4.78 is 10.8. The van der Waals surface area contributed by atoms with Crippen LogP contribution in [0.4, 0.5) is 4.79 Å². The van der Waals surface area contributed by atoms with Gasteiger partial charge in [-0.2, -0.15) is 0 Å². The van der Waals surface area contributed by atoms with Gasteiger partial charge in [-0.3, -0.25) is 0 Å². The number of ether oxygens (including phenoxy) is 1. The van der Waals surface area contributed by atoms with Crippen LogP contribution in [0.1, 0.15) is 99.3 Å². The summed E-state index contributed by atoms with van der Waals surface area (Å²) in [6, 6.07) is 0. The molecule has 0 aromatic rings. The van der Waals surface area contributed by atoms with E-state index in [-0.39, 0.29) is 6.09 Å². The van der Waals surface area contributed by atoms with E-state index in [2.05, 4.69) is 25.7 Å². The molecule has 4 heteroatoms. The molecule has 0 aromatic heterocycles. The molecule has 1 aliphatic heterocycles. The first-order valence-electron chi connectivity index (χ1n) is 11.3. The van der Waals surface area contributed by atoms with Crippen molar-refractivity contribution in [1.29, 1.82) is 0 Å². The number of likely N-dealkylation sites (tertiary alicyclic amines) is 1. The predicted molar refractivity (Wildman–Crippen MR) is 115 cm³/mol. The summed E-state index contributed by atoms with van der Waals surface area (Å²) in [5.41, 5.74) is -0.395. The van der Waals surface area contributed by atoms with E-state index < -0.39 is 24.0 Å². The minimum absolute atomic E-state index is 0.0345. The van der Waals surface area contributed by atoms with Crippen molar-refractivity contribution in [2.24, 2.45) is 0 Å². The zero-order chi connectivity index (χ0) is 19.6. The van der Waals surface area contributed by atoms with Crippen molar-refractivity contribution in [2.45, 2.75) is 122 Å². The Bertz CT molecular complexity index is 384. The van der Waals surface area contributed by atoms with Gasteiger partial charge in [0.2, 0.25) is 0 Å². The Kier molecular flexibility index (Phi) is 10.9. The first-order valence-corrected chi connectivity index (χ1v) is 19.0. The van der Waals surface area contributed by atoms with Crippen LogP contribution >= 0.6 is 0 Å². The number of hydrogen-bond acceptors (Lipinski definition) is 2. The molecular formula is C22H45NO2Sn. The van der Waals surface area contributed by atoms with Crippen LogP contribution in [0.25, 0.3) is 0 Å². The molecule has 1 atom stereocenters. The summed E-state index contributed by atoms with van der Waals surface area (Å²) in [4.78, 5) is 15.2. The van der Waals surface area contributed by atoms with Crippen LogP contribution in [-0.2, 0) is 4.74 Å². The first kappa shape index (κ1) is 24.1. The molecule has 1 fully saturated rings. The van der Waals surface area contributed by atoms with Crippen LogP contribution < -0.4 is 0 Å². The van der Waals surface area contributed by atoms with Crippen molar-refractivity contribution >= 4 is 24.5 Å². The molecule has 1 saturated heterocycles. The molecule has 0 spiro atoms. The third-order valence-electron chi connectivity index (χ3n) is 5.92. The van der Waals surface area contributed by atoms with Crippen LogP contribution in [0.5, 0.6) is 0 Å². The van der Waals surface area contributed by atoms with E-state index in [1.54, 1.807) is 0 Å². The first-order chi connectivity index (χ1) is 12.3. The van der Waals surface area contributed by atoms with E-state index >= 15 is 0 Å². The summed E-state index contributed by atoms with van der Waals surface area (Å²) in [7, 11) is 0. The van der Waals surface area contributed by atoms with Crippen molar-refractivity contribution in [2.75, 3.05) is 6.54 Å². The van der Waals surface area contributed by atoms with E-state index in [1.807, 2.05) is 20.8 Å². The zero-order valence-electron chi connectivity index (χ0n) is 18.5. The van der Waals surface area contributed by atoms with E-state index in [0.717, 1.165) is 13.0 Å². The van der Waals surface area contributed by atoms with E-state index in [1.165, 1.54) is 64.7 Å². The molecule has 0 radical (unpaired) electrons. The van der Waals surface area contributed by atoms with Gasteiger partial charge in [-0.15, -0.1) is 0 Å². The molecule has 1 unspecified atom stereocenters. The van der Waals surface area contributed by atoms with Crippen LogP contribution in [-0.4, -0.2) is 45.6 Å². The van der Waals surface area contributed by atoms with E-state index in [0.29, 0.717) is 4.06 Å². The molecular weight excluding hydrogens is 429 g/mol. The van der Waals surface area contributed by atoms with Crippen molar-refractivity contribution in [3.8, 4) is 0 Å². The molecule has 0 aromatic carbocycles. The van der Waals surface area contributed by atoms with Crippen LogP contribution in [0.3, 0.4) is 0 Å². The van der Waals surface area contributed by atoms with Gasteiger partial charge in [0.1, 0.15) is 0 Å². The molecule has 26 heavy (non-hydrogen) atoms. The molecule has 0 aliphatic carbocycles. The van der Waals surface area contributed by atoms with Gasteiger partial charge in [-0.05, 0) is 0 Å². The summed E-state index contributed by atoms with van der Waals surface area (Å²) in [5.74, 6) is 0. The van der Waals surface area contributed by atoms with Crippen molar-refractivity contribution < 1.29 is 9.53 Å². The van der Waals surface area contributed by atoms with Crippen molar-refractivity contribution in [1.82, 2.24) is 4.90 Å². The predicted octanol–water partition coefficient (Wildman–Crippen LogP) is 7.16. The number of hydrogen-bond donors (Lipinski definition) is 0. The molecule has 0 bridgehead atoms. The van der Waals surface area contributed by atoms with Gasteiger partial charge in [0.15, 0.2) is 0 Å². The Morgan fingerprint density at radius 3 is 1.88 bits per heavy atom. The van der Waals surface area contributed by atoms with Crippen molar-refractivity contribution in [3.05, 3.63) is 0 Å². The average Bonchev–Trinajstić information content (AvgIpc) is 2.60. The fraction of sp³-hybridized carbons (Fsp3) is 0.955. The Labute approximate surface area is 167 Å². The molecule has 1 heterocycles. The Hall–Kier alpha value is 0.0687. The minimum atomic E-state index is -2.46. The van der Waals surface area contributed by atoms with Gasteiger partial charge in [0.05, 0.1) is 0 Å². The quantitative estimate of drug-likeness (QED) is 0.315. The maximum absolute atomic E-state index is 13.0. The number of amides is 1. The molecule has 3 nitrogen and oxygen atoms in total. The second kappa shape index (κ2) is 11.8. The number of carbonyl (C=O) groups excluding carboxylic acids is 1. The number of rotatable bonds is 10. The van der Waals surface area contributed by atoms with Crippen LogP contribution in [0, 0.1) is 0 Å². The normalized spacial score (nSPS) is 18.8. The van der Waals surface area contributed by atoms with Crippen LogP contribution in [0.15, 0.2) is 0 Å². The molecule has 0 N–H and O–H groups in total. The van der Waals surface area contributed by atoms with Gasteiger partial charge >= 0.3 is 168 Å².